The Morgan fingerprint density at radius 2 is 2.32 bits per heavy atom. The van der Waals surface area contributed by atoms with Gasteiger partial charge in [0.25, 0.3) is 5.91 Å². The van der Waals surface area contributed by atoms with E-state index in [1.165, 1.54) is 0 Å². The summed E-state index contributed by atoms with van der Waals surface area (Å²) in [6, 6.07) is 7.48. The minimum Gasteiger partial charge on any atom is -0.381 e. The molecule has 1 saturated heterocycles. The number of nitrogens with zero attached hydrogens (tertiary/aromatic N) is 2. The van der Waals surface area contributed by atoms with Gasteiger partial charge in [-0.25, -0.2) is 0 Å². The lowest BCUT2D eigenvalue weighted by molar-refractivity contribution is 0.0949. The van der Waals surface area contributed by atoms with Crippen molar-refractivity contribution < 1.29 is 9.53 Å². The number of aryl methyl sites for hydroxylation is 1. The van der Waals surface area contributed by atoms with Crippen molar-refractivity contribution in [3.63, 3.8) is 0 Å². The van der Waals surface area contributed by atoms with Crippen LogP contribution in [0.15, 0.2) is 30.5 Å². The molecule has 1 N–H and O–H groups in total. The monoisotopic (exact) mass is 319 g/mol. The number of ether oxygens (including phenoxy) is 1. The van der Waals surface area contributed by atoms with Crippen LogP contribution in [0.5, 0.6) is 0 Å². The third-order valence-electron chi connectivity index (χ3n) is 3.82. The standard InChI is InChI=1S/C16H18ClN3O2/c1-20-9-13(15(19-20)12-6-7-22-10-12)16(21)18-8-11-4-2-3-5-14(11)17/h2-5,9,12H,6-8,10H2,1H3,(H,18,21)/t12-/m1/s1. The number of amides is 1. The van der Waals surface area contributed by atoms with Crippen LogP contribution in [-0.2, 0) is 18.3 Å². The fraction of sp³-hybridized carbons (Fsp3) is 0.375. The third-order valence-corrected chi connectivity index (χ3v) is 4.18. The molecule has 2 heterocycles. The van der Waals surface area contributed by atoms with Crippen LogP contribution >= 0.6 is 11.6 Å². The summed E-state index contributed by atoms with van der Waals surface area (Å²) >= 11 is 6.11. The lowest BCUT2D eigenvalue weighted by atomic mass is 10.0. The summed E-state index contributed by atoms with van der Waals surface area (Å²) in [5.74, 6) is 0.0668. The molecule has 1 aliphatic heterocycles. The molecule has 0 aliphatic carbocycles. The van der Waals surface area contributed by atoms with Crippen LogP contribution in [0.2, 0.25) is 5.02 Å². The molecule has 2 aromatic rings. The SMILES string of the molecule is Cn1cc(C(=O)NCc2ccccc2Cl)c([C@@H]2CCOC2)n1. The highest BCUT2D eigenvalue weighted by Crippen LogP contribution is 2.26. The summed E-state index contributed by atoms with van der Waals surface area (Å²) in [7, 11) is 1.82. The number of nitrogens with one attached hydrogen (secondary N) is 1. The van der Waals surface area contributed by atoms with Crippen LogP contribution in [0.1, 0.15) is 34.0 Å². The molecule has 1 aromatic heterocycles. The molecule has 0 bridgehead atoms. The molecule has 116 valence electrons. The quantitative estimate of drug-likeness (QED) is 0.942. The summed E-state index contributed by atoms with van der Waals surface area (Å²) in [5, 5.41) is 8.00. The van der Waals surface area contributed by atoms with Crippen molar-refractivity contribution in [2.75, 3.05) is 13.2 Å². The van der Waals surface area contributed by atoms with Gasteiger partial charge < -0.3 is 10.1 Å². The molecule has 0 spiro atoms. The van der Waals surface area contributed by atoms with Crippen molar-refractivity contribution >= 4 is 17.5 Å². The van der Waals surface area contributed by atoms with Crippen molar-refractivity contribution in [1.29, 1.82) is 0 Å². The van der Waals surface area contributed by atoms with Crippen molar-refractivity contribution in [2.24, 2.45) is 7.05 Å². The highest BCUT2D eigenvalue weighted by molar-refractivity contribution is 6.31. The molecule has 1 atom stereocenters. The predicted molar refractivity (Wildman–Crippen MR) is 84.0 cm³/mol. The van der Waals surface area contributed by atoms with Gasteiger partial charge in [-0.3, -0.25) is 9.48 Å². The number of carbonyl (C=O) groups is 1. The summed E-state index contributed by atoms with van der Waals surface area (Å²) in [6.07, 6.45) is 2.66. The van der Waals surface area contributed by atoms with E-state index in [2.05, 4.69) is 10.4 Å². The second-order valence-corrected chi connectivity index (χ2v) is 5.84. The topological polar surface area (TPSA) is 56.2 Å². The zero-order valence-corrected chi connectivity index (χ0v) is 13.1. The van der Waals surface area contributed by atoms with E-state index in [4.69, 9.17) is 16.3 Å². The normalized spacial score (nSPS) is 17.6. The summed E-state index contributed by atoms with van der Waals surface area (Å²) < 4.78 is 7.08. The van der Waals surface area contributed by atoms with E-state index >= 15 is 0 Å². The number of hydrogen-bond acceptors (Lipinski definition) is 3. The first-order valence-corrected chi connectivity index (χ1v) is 7.66. The molecule has 0 saturated carbocycles. The van der Waals surface area contributed by atoms with Gasteiger partial charge in [0.15, 0.2) is 0 Å². The third kappa shape index (κ3) is 3.15. The minimum atomic E-state index is -0.130. The molecule has 0 radical (unpaired) electrons. The summed E-state index contributed by atoms with van der Waals surface area (Å²) in [6.45, 7) is 1.75. The summed E-state index contributed by atoms with van der Waals surface area (Å²) in [5.41, 5.74) is 2.33. The first kappa shape index (κ1) is 15.1. The Kier molecular flexibility index (Phi) is 4.45. The van der Waals surface area contributed by atoms with Crippen molar-refractivity contribution in [1.82, 2.24) is 15.1 Å². The van der Waals surface area contributed by atoms with Crippen LogP contribution < -0.4 is 5.32 Å². The zero-order valence-electron chi connectivity index (χ0n) is 12.4. The molecular weight excluding hydrogens is 302 g/mol. The molecule has 5 nitrogen and oxygen atoms in total. The Labute approximate surface area is 134 Å². The molecular formula is C16H18ClN3O2. The number of benzene rings is 1. The Morgan fingerprint density at radius 1 is 1.50 bits per heavy atom. The van der Waals surface area contributed by atoms with Gasteiger partial charge in [0.2, 0.25) is 0 Å². The van der Waals surface area contributed by atoms with Gasteiger partial charge in [0, 0.05) is 37.3 Å². The van der Waals surface area contributed by atoms with E-state index < -0.39 is 0 Å². The van der Waals surface area contributed by atoms with Crippen LogP contribution in [0.25, 0.3) is 0 Å². The van der Waals surface area contributed by atoms with Crippen molar-refractivity contribution in [3.8, 4) is 0 Å². The average molecular weight is 320 g/mol. The van der Waals surface area contributed by atoms with Crippen molar-refractivity contribution in [3.05, 3.63) is 52.3 Å². The fourth-order valence-corrected chi connectivity index (χ4v) is 2.85. The Morgan fingerprint density at radius 3 is 3.05 bits per heavy atom. The zero-order chi connectivity index (χ0) is 15.5. The molecule has 1 aromatic carbocycles. The maximum atomic E-state index is 12.5. The maximum Gasteiger partial charge on any atom is 0.255 e. The average Bonchev–Trinajstić information content (AvgIpc) is 3.15. The number of hydrogen-bond donors (Lipinski definition) is 1. The number of halogens is 1. The van der Waals surface area contributed by atoms with E-state index in [0.717, 1.165) is 24.3 Å². The Hall–Kier alpha value is -1.85. The van der Waals surface area contributed by atoms with Crippen LogP contribution in [0, 0.1) is 0 Å². The second kappa shape index (κ2) is 6.50. The van der Waals surface area contributed by atoms with E-state index in [1.54, 1.807) is 10.9 Å². The lowest BCUT2D eigenvalue weighted by Crippen LogP contribution is -2.24. The summed E-state index contributed by atoms with van der Waals surface area (Å²) in [4.78, 5) is 12.5. The van der Waals surface area contributed by atoms with Gasteiger partial charge in [-0.2, -0.15) is 5.10 Å². The van der Waals surface area contributed by atoms with Gasteiger partial charge in [0.1, 0.15) is 0 Å². The second-order valence-electron chi connectivity index (χ2n) is 5.44. The fourth-order valence-electron chi connectivity index (χ4n) is 2.64. The van der Waals surface area contributed by atoms with Gasteiger partial charge in [-0.05, 0) is 18.1 Å². The number of aromatic nitrogens is 2. The highest BCUT2D eigenvalue weighted by atomic mass is 35.5. The number of carbonyl (C=O) groups excluding carboxylic acids is 1. The number of rotatable bonds is 4. The van der Waals surface area contributed by atoms with Gasteiger partial charge >= 0.3 is 0 Å². The smallest absolute Gasteiger partial charge is 0.255 e. The molecule has 1 aliphatic rings. The molecule has 0 unspecified atom stereocenters. The van der Waals surface area contributed by atoms with E-state index in [9.17, 15) is 4.79 Å². The Balaban J connectivity index is 1.73. The van der Waals surface area contributed by atoms with Crippen molar-refractivity contribution in [2.45, 2.75) is 18.9 Å². The van der Waals surface area contributed by atoms with Gasteiger partial charge in [-0.15, -0.1) is 0 Å². The predicted octanol–water partition coefficient (Wildman–Crippen LogP) is 2.51. The lowest BCUT2D eigenvalue weighted by Gasteiger charge is -2.09. The molecule has 22 heavy (non-hydrogen) atoms. The minimum absolute atomic E-state index is 0.130. The first-order chi connectivity index (χ1) is 10.6. The maximum absolute atomic E-state index is 12.5. The molecule has 6 heteroatoms. The first-order valence-electron chi connectivity index (χ1n) is 7.28. The largest absolute Gasteiger partial charge is 0.381 e. The van der Waals surface area contributed by atoms with Crippen LogP contribution in [0.3, 0.4) is 0 Å². The highest BCUT2D eigenvalue weighted by Gasteiger charge is 2.26. The van der Waals surface area contributed by atoms with E-state index in [1.807, 2.05) is 31.3 Å². The molecule has 3 rings (SSSR count). The van der Waals surface area contributed by atoms with Crippen LogP contribution in [0.4, 0.5) is 0 Å². The van der Waals surface area contributed by atoms with Gasteiger partial charge in [-0.1, -0.05) is 29.8 Å². The van der Waals surface area contributed by atoms with Gasteiger partial charge in [0.05, 0.1) is 17.9 Å². The Bertz CT molecular complexity index is 678. The molecule has 1 amide bonds. The van der Waals surface area contributed by atoms with E-state index in [0.29, 0.717) is 23.7 Å². The molecule has 1 fully saturated rings. The van der Waals surface area contributed by atoms with Crippen LogP contribution in [-0.4, -0.2) is 28.9 Å². The van der Waals surface area contributed by atoms with E-state index in [-0.39, 0.29) is 11.8 Å².